The van der Waals surface area contributed by atoms with Gasteiger partial charge in [0.2, 0.25) is 0 Å². The van der Waals surface area contributed by atoms with Crippen LogP contribution < -0.4 is 5.32 Å². The normalized spacial score (nSPS) is 26.9. The van der Waals surface area contributed by atoms with Crippen molar-refractivity contribution in [3.63, 3.8) is 0 Å². The Morgan fingerprint density at radius 2 is 2.12 bits per heavy atom. The molecule has 2 saturated heterocycles. The molecule has 3 rings (SSSR count). The molecule has 2 aliphatic rings. The molecule has 3 heterocycles. The Labute approximate surface area is 150 Å². The highest BCUT2D eigenvalue weighted by atomic mass is 16.5. The summed E-state index contributed by atoms with van der Waals surface area (Å²) in [6.07, 6.45) is 3.96. The third-order valence-corrected chi connectivity index (χ3v) is 5.15. The molecule has 0 spiro atoms. The van der Waals surface area contributed by atoms with Crippen molar-refractivity contribution in [2.45, 2.75) is 12.1 Å². The molecule has 1 aromatic rings. The van der Waals surface area contributed by atoms with E-state index in [1.54, 1.807) is 0 Å². The summed E-state index contributed by atoms with van der Waals surface area (Å²) in [6.45, 7) is 6.60. The summed E-state index contributed by atoms with van der Waals surface area (Å²) in [5.74, 6) is 0.957. The van der Waals surface area contributed by atoms with E-state index in [1.165, 1.54) is 0 Å². The predicted octanol–water partition coefficient (Wildman–Crippen LogP) is -0.385. The zero-order valence-electron chi connectivity index (χ0n) is 15.9. The molecule has 0 aliphatic carbocycles. The zero-order chi connectivity index (χ0) is 17.8. The first-order valence-corrected chi connectivity index (χ1v) is 9.01. The average Bonchev–Trinajstić information content (AvgIpc) is 3.05. The summed E-state index contributed by atoms with van der Waals surface area (Å²) in [5, 5.41) is 7.83. The molecule has 8 heteroatoms. The number of aromatic nitrogens is 2. The molecule has 2 atom stereocenters. The van der Waals surface area contributed by atoms with Crippen molar-refractivity contribution in [2.24, 2.45) is 12.0 Å². The molecule has 8 nitrogen and oxygen atoms in total. The van der Waals surface area contributed by atoms with Crippen LogP contribution in [0.15, 0.2) is 17.4 Å². The second-order valence-corrected chi connectivity index (χ2v) is 7.08. The highest BCUT2D eigenvalue weighted by molar-refractivity contribution is 5.80. The zero-order valence-corrected chi connectivity index (χ0v) is 15.9. The Hall–Kier alpha value is -1.64. The van der Waals surface area contributed by atoms with E-state index < -0.39 is 0 Å². The molecule has 25 heavy (non-hydrogen) atoms. The number of aliphatic imine (C=N–C) groups is 1. The monoisotopic (exact) mass is 349 g/mol. The maximum Gasteiger partial charge on any atom is 0.193 e. The Morgan fingerprint density at radius 1 is 1.28 bits per heavy atom. The minimum atomic E-state index is 0.0458. The third-order valence-electron chi connectivity index (χ3n) is 5.15. The van der Waals surface area contributed by atoms with E-state index in [-0.39, 0.29) is 6.10 Å². The first-order valence-electron chi connectivity index (χ1n) is 9.01. The van der Waals surface area contributed by atoms with Crippen molar-refractivity contribution in [3.05, 3.63) is 18.0 Å². The number of piperazine rings is 1. The summed E-state index contributed by atoms with van der Waals surface area (Å²) in [4.78, 5) is 11.6. The van der Waals surface area contributed by atoms with Gasteiger partial charge in [0.15, 0.2) is 5.96 Å². The van der Waals surface area contributed by atoms with Gasteiger partial charge in [0.25, 0.3) is 0 Å². The van der Waals surface area contributed by atoms with E-state index in [9.17, 15) is 0 Å². The van der Waals surface area contributed by atoms with Crippen LogP contribution in [0.3, 0.4) is 0 Å². The van der Waals surface area contributed by atoms with Gasteiger partial charge < -0.3 is 19.9 Å². The number of guanidine groups is 1. The molecule has 0 amide bonds. The van der Waals surface area contributed by atoms with Crippen molar-refractivity contribution in [3.8, 4) is 0 Å². The van der Waals surface area contributed by atoms with Crippen molar-refractivity contribution in [1.82, 2.24) is 29.8 Å². The minimum absolute atomic E-state index is 0.0458. The maximum absolute atomic E-state index is 5.94. The predicted molar refractivity (Wildman–Crippen MR) is 98.8 cm³/mol. The van der Waals surface area contributed by atoms with Gasteiger partial charge in [0.1, 0.15) is 6.10 Å². The highest BCUT2D eigenvalue weighted by Gasteiger charge is 2.27. The fourth-order valence-corrected chi connectivity index (χ4v) is 3.51. The maximum atomic E-state index is 5.94. The number of aryl methyl sites for hydroxylation is 1. The van der Waals surface area contributed by atoms with Crippen LogP contribution in [-0.2, 0) is 11.8 Å². The number of morpholine rings is 1. The first-order chi connectivity index (χ1) is 12.1. The van der Waals surface area contributed by atoms with Gasteiger partial charge in [0, 0.05) is 64.6 Å². The molecule has 0 saturated carbocycles. The summed E-state index contributed by atoms with van der Waals surface area (Å²) < 4.78 is 7.75. The number of hydrogen-bond acceptors (Lipinski definition) is 5. The van der Waals surface area contributed by atoms with Crippen molar-refractivity contribution >= 4 is 5.96 Å². The summed E-state index contributed by atoms with van der Waals surface area (Å²) in [7, 11) is 8.18. The quantitative estimate of drug-likeness (QED) is 0.593. The molecule has 140 valence electrons. The van der Waals surface area contributed by atoms with Crippen LogP contribution in [0.25, 0.3) is 0 Å². The molecule has 0 bridgehead atoms. The fourth-order valence-electron chi connectivity index (χ4n) is 3.51. The number of hydrogen-bond donors (Lipinski definition) is 1. The van der Waals surface area contributed by atoms with E-state index in [0.717, 1.165) is 50.8 Å². The second-order valence-electron chi connectivity index (χ2n) is 7.08. The van der Waals surface area contributed by atoms with Crippen molar-refractivity contribution in [2.75, 3.05) is 67.0 Å². The molecule has 2 unspecified atom stereocenters. The molecule has 0 radical (unpaired) electrons. The standard InChI is InChI=1S/C17H31N7O/c1-18-17(19-10-15-12-21(2)5-6-22(15)3)24-7-8-25-16(13-24)14-9-20-23(4)11-14/h9,11,15-16H,5-8,10,12-13H2,1-4H3,(H,18,19). The van der Waals surface area contributed by atoms with E-state index in [4.69, 9.17) is 4.74 Å². The fraction of sp³-hybridized carbons (Fsp3) is 0.765. The van der Waals surface area contributed by atoms with Crippen LogP contribution >= 0.6 is 0 Å². The van der Waals surface area contributed by atoms with Crippen LogP contribution in [-0.4, -0.2) is 104 Å². The van der Waals surface area contributed by atoms with Crippen LogP contribution in [0.4, 0.5) is 0 Å². The van der Waals surface area contributed by atoms with Gasteiger partial charge >= 0.3 is 0 Å². The number of rotatable bonds is 3. The average molecular weight is 349 g/mol. The Bertz CT molecular complexity index is 587. The number of nitrogens with zero attached hydrogens (tertiary/aromatic N) is 6. The van der Waals surface area contributed by atoms with Gasteiger partial charge in [-0.1, -0.05) is 0 Å². The largest absolute Gasteiger partial charge is 0.370 e. The Balaban J connectivity index is 1.57. The molecule has 1 aromatic heterocycles. The number of nitrogens with one attached hydrogen (secondary N) is 1. The number of likely N-dealkylation sites (N-methyl/N-ethyl adjacent to an activating group) is 2. The molecular weight excluding hydrogens is 318 g/mol. The molecular formula is C17H31N7O. The summed E-state index contributed by atoms with van der Waals surface area (Å²) in [5.41, 5.74) is 1.12. The van der Waals surface area contributed by atoms with E-state index in [2.05, 4.69) is 44.2 Å². The lowest BCUT2D eigenvalue weighted by atomic mass is 10.1. The topological polar surface area (TPSA) is 61.2 Å². The first kappa shape index (κ1) is 18.2. The SMILES string of the molecule is CN=C(NCC1CN(C)CCN1C)N1CCOC(c2cnn(C)c2)C1. The highest BCUT2D eigenvalue weighted by Crippen LogP contribution is 2.21. The van der Waals surface area contributed by atoms with Crippen molar-refractivity contribution in [1.29, 1.82) is 0 Å². The Morgan fingerprint density at radius 3 is 2.84 bits per heavy atom. The number of ether oxygens (including phenoxy) is 1. The third kappa shape index (κ3) is 4.50. The molecule has 2 aliphatic heterocycles. The van der Waals surface area contributed by atoms with Gasteiger partial charge in [-0.3, -0.25) is 14.6 Å². The lowest BCUT2D eigenvalue weighted by molar-refractivity contribution is -0.00821. The molecule has 2 fully saturated rings. The van der Waals surface area contributed by atoms with Crippen LogP contribution in [0, 0.1) is 0 Å². The van der Waals surface area contributed by atoms with Crippen LogP contribution in [0.5, 0.6) is 0 Å². The lowest BCUT2D eigenvalue weighted by Gasteiger charge is -2.39. The van der Waals surface area contributed by atoms with Crippen LogP contribution in [0.2, 0.25) is 0 Å². The van der Waals surface area contributed by atoms with Gasteiger partial charge in [-0.15, -0.1) is 0 Å². The van der Waals surface area contributed by atoms with Gasteiger partial charge in [0.05, 0.1) is 19.3 Å². The van der Waals surface area contributed by atoms with E-state index in [1.807, 2.05) is 31.2 Å². The van der Waals surface area contributed by atoms with Gasteiger partial charge in [-0.2, -0.15) is 5.10 Å². The van der Waals surface area contributed by atoms with Gasteiger partial charge in [-0.25, -0.2) is 0 Å². The Kier molecular flexibility index (Phi) is 5.93. The lowest BCUT2D eigenvalue weighted by Crippen LogP contribution is -2.56. The van der Waals surface area contributed by atoms with E-state index in [0.29, 0.717) is 12.6 Å². The molecule has 0 aromatic carbocycles. The van der Waals surface area contributed by atoms with Crippen molar-refractivity contribution < 1.29 is 4.74 Å². The smallest absolute Gasteiger partial charge is 0.193 e. The summed E-state index contributed by atoms with van der Waals surface area (Å²) in [6, 6.07) is 0.505. The van der Waals surface area contributed by atoms with E-state index >= 15 is 0 Å². The minimum Gasteiger partial charge on any atom is -0.370 e. The van der Waals surface area contributed by atoms with Gasteiger partial charge in [-0.05, 0) is 14.1 Å². The molecule has 1 N–H and O–H groups in total. The second kappa shape index (κ2) is 8.16. The summed E-state index contributed by atoms with van der Waals surface area (Å²) >= 11 is 0. The van der Waals surface area contributed by atoms with Crippen LogP contribution in [0.1, 0.15) is 11.7 Å².